The zero-order chi connectivity index (χ0) is 24.6. The number of aromatic nitrogens is 3. The lowest BCUT2D eigenvalue weighted by atomic mass is 10.2. The van der Waals surface area contributed by atoms with Crippen LogP contribution in [0.1, 0.15) is 52.0 Å². The molecule has 0 fully saturated rings. The van der Waals surface area contributed by atoms with Gasteiger partial charge in [-0.3, -0.25) is 4.79 Å². The summed E-state index contributed by atoms with van der Waals surface area (Å²) >= 11 is 1.32. The summed E-state index contributed by atoms with van der Waals surface area (Å²) in [6.45, 7) is 8.08. The fraction of sp³-hybridized carbons (Fsp3) is 0.370. The summed E-state index contributed by atoms with van der Waals surface area (Å²) in [5, 5.41) is 4.45. The predicted molar refractivity (Wildman–Crippen MR) is 140 cm³/mol. The van der Waals surface area contributed by atoms with Gasteiger partial charge in [-0.25, -0.2) is 0 Å². The van der Waals surface area contributed by atoms with Gasteiger partial charge >= 0.3 is 0 Å². The summed E-state index contributed by atoms with van der Waals surface area (Å²) in [6, 6.07) is 13.4. The molecule has 0 spiro atoms. The Bertz CT molecular complexity index is 1360. The SMILES string of the molecule is CCCCOc1ccc(-c2nc3sc(=Cc4ccc(OCCCC)c(OCC)c4)c(=O)n3n2)cc1. The van der Waals surface area contributed by atoms with Gasteiger partial charge in [0.05, 0.1) is 24.4 Å². The van der Waals surface area contributed by atoms with E-state index in [4.69, 9.17) is 14.2 Å². The van der Waals surface area contributed by atoms with Crippen LogP contribution in [-0.4, -0.2) is 34.4 Å². The fourth-order valence-corrected chi connectivity index (χ4v) is 4.38. The van der Waals surface area contributed by atoms with Crippen molar-refractivity contribution >= 4 is 22.4 Å². The standard InChI is InChI=1S/C27H31N3O4S/c1-4-7-15-33-21-12-10-20(11-13-21)25-28-27-30(29-25)26(31)24(35-27)18-19-9-14-22(34-16-8-5-2)23(17-19)32-6-3/h9-14,17-18H,4-8,15-16H2,1-3H3. The van der Waals surface area contributed by atoms with Crippen LogP contribution in [0.5, 0.6) is 17.2 Å². The average Bonchev–Trinajstić information content (AvgIpc) is 3.40. The maximum Gasteiger partial charge on any atom is 0.291 e. The van der Waals surface area contributed by atoms with Gasteiger partial charge in [-0.05, 0) is 67.8 Å². The molecule has 184 valence electrons. The highest BCUT2D eigenvalue weighted by Gasteiger charge is 2.13. The normalized spacial score (nSPS) is 11.8. The highest BCUT2D eigenvalue weighted by atomic mass is 32.1. The van der Waals surface area contributed by atoms with E-state index in [1.165, 1.54) is 15.9 Å². The topological polar surface area (TPSA) is 75.0 Å². The molecule has 4 aromatic rings. The Kier molecular flexibility index (Phi) is 8.36. The molecule has 2 aromatic heterocycles. The van der Waals surface area contributed by atoms with Gasteiger partial charge in [-0.1, -0.05) is 44.1 Å². The molecule has 0 aliphatic rings. The third-order valence-electron chi connectivity index (χ3n) is 5.38. The molecular weight excluding hydrogens is 462 g/mol. The monoisotopic (exact) mass is 493 g/mol. The highest BCUT2D eigenvalue weighted by Crippen LogP contribution is 2.29. The Morgan fingerprint density at radius 1 is 0.914 bits per heavy atom. The van der Waals surface area contributed by atoms with Crippen molar-refractivity contribution in [3.05, 3.63) is 62.9 Å². The molecule has 0 amide bonds. The molecule has 0 radical (unpaired) electrons. The maximum absolute atomic E-state index is 13.0. The van der Waals surface area contributed by atoms with Gasteiger partial charge in [-0.15, -0.1) is 5.10 Å². The molecule has 35 heavy (non-hydrogen) atoms. The van der Waals surface area contributed by atoms with Crippen LogP contribution in [0.25, 0.3) is 22.4 Å². The molecule has 0 N–H and O–H groups in total. The van der Waals surface area contributed by atoms with Crippen LogP contribution in [0.15, 0.2) is 47.3 Å². The van der Waals surface area contributed by atoms with Crippen molar-refractivity contribution < 1.29 is 14.2 Å². The molecule has 0 atom stereocenters. The molecule has 0 unspecified atom stereocenters. The van der Waals surface area contributed by atoms with Crippen molar-refractivity contribution in [2.45, 2.75) is 46.5 Å². The lowest BCUT2D eigenvalue weighted by Crippen LogP contribution is -2.23. The third kappa shape index (κ3) is 6.00. The van der Waals surface area contributed by atoms with E-state index in [1.807, 2.05) is 55.5 Å². The largest absolute Gasteiger partial charge is 0.494 e. The summed E-state index contributed by atoms with van der Waals surface area (Å²) in [5.41, 5.74) is 1.51. The number of benzene rings is 2. The average molecular weight is 494 g/mol. The lowest BCUT2D eigenvalue weighted by Gasteiger charge is -2.12. The second kappa shape index (κ2) is 11.8. The fourth-order valence-electron chi connectivity index (χ4n) is 3.47. The molecule has 0 aliphatic heterocycles. The van der Waals surface area contributed by atoms with Crippen LogP contribution >= 0.6 is 11.3 Å². The molecular formula is C27H31N3O4S. The molecule has 7 nitrogen and oxygen atoms in total. The van der Waals surface area contributed by atoms with Crippen molar-refractivity contribution in [2.75, 3.05) is 19.8 Å². The minimum Gasteiger partial charge on any atom is -0.494 e. The molecule has 0 aliphatic carbocycles. The number of hydrogen-bond donors (Lipinski definition) is 0. The lowest BCUT2D eigenvalue weighted by molar-refractivity contribution is 0.272. The van der Waals surface area contributed by atoms with Gasteiger partial charge in [0.25, 0.3) is 5.56 Å². The van der Waals surface area contributed by atoms with E-state index >= 15 is 0 Å². The zero-order valence-corrected chi connectivity index (χ0v) is 21.3. The summed E-state index contributed by atoms with van der Waals surface area (Å²) in [7, 11) is 0. The number of hydrogen-bond acceptors (Lipinski definition) is 7. The summed E-state index contributed by atoms with van der Waals surface area (Å²) < 4.78 is 19.3. The Morgan fingerprint density at radius 2 is 1.66 bits per heavy atom. The minimum atomic E-state index is -0.190. The first-order valence-electron chi connectivity index (χ1n) is 12.2. The second-order valence-electron chi connectivity index (χ2n) is 8.11. The van der Waals surface area contributed by atoms with Crippen molar-refractivity contribution in [3.8, 4) is 28.6 Å². The number of unbranched alkanes of at least 4 members (excludes halogenated alkanes) is 2. The molecule has 0 saturated carbocycles. The number of thiazole rings is 1. The predicted octanol–water partition coefficient (Wildman–Crippen LogP) is 5.12. The van der Waals surface area contributed by atoms with E-state index in [0.717, 1.165) is 42.6 Å². The molecule has 4 rings (SSSR count). The van der Waals surface area contributed by atoms with Crippen molar-refractivity contribution in [2.24, 2.45) is 0 Å². The first-order valence-corrected chi connectivity index (χ1v) is 13.0. The smallest absolute Gasteiger partial charge is 0.291 e. The van der Waals surface area contributed by atoms with Crippen LogP contribution in [0.3, 0.4) is 0 Å². The van der Waals surface area contributed by atoms with Gasteiger partial charge in [0.2, 0.25) is 4.96 Å². The molecule has 0 saturated heterocycles. The molecule has 2 heterocycles. The van der Waals surface area contributed by atoms with Crippen LogP contribution in [0.4, 0.5) is 0 Å². The highest BCUT2D eigenvalue weighted by molar-refractivity contribution is 7.15. The van der Waals surface area contributed by atoms with Crippen molar-refractivity contribution in [1.82, 2.24) is 14.6 Å². The van der Waals surface area contributed by atoms with Gasteiger partial charge < -0.3 is 14.2 Å². The Hall–Kier alpha value is -3.39. The Morgan fingerprint density at radius 3 is 2.34 bits per heavy atom. The third-order valence-corrected chi connectivity index (χ3v) is 6.34. The molecule has 2 aromatic carbocycles. The van der Waals surface area contributed by atoms with E-state index in [2.05, 4.69) is 23.9 Å². The Balaban J connectivity index is 1.57. The van der Waals surface area contributed by atoms with Gasteiger partial charge in [0.15, 0.2) is 17.3 Å². The number of ether oxygens (including phenoxy) is 3. The summed E-state index contributed by atoms with van der Waals surface area (Å²) in [5.74, 6) is 2.73. The van der Waals surface area contributed by atoms with Crippen molar-refractivity contribution in [3.63, 3.8) is 0 Å². The van der Waals surface area contributed by atoms with E-state index in [9.17, 15) is 4.79 Å². The van der Waals surface area contributed by atoms with E-state index in [0.29, 0.717) is 46.6 Å². The van der Waals surface area contributed by atoms with E-state index in [-0.39, 0.29) is 5.56 Å². The number of rotatable bonds is 12. The van der Waals surface area contributed by atoms with Crippen molar-refractivity contribution in [1.29, 1.82) is 0 Å². The van der Waals surface area contributed by atoms with Crippen LogP contribution in [0.2, 0.25) is 0 Å². The first kappa shape index (κ1) is 24.7. The van der Waals surface area contributed by atoms with Gasteiger partial charge in [-0.2, -0.15) is 9.50 Å². The van der Waals surface area contributed by atoms with Gasteiger partial charge in [0, 0.05) is 5.56 Å². The Labute approximate surface area is 209 Å². The zero-order valence-electron chi connectivity index (χ0n) is 20.5. The van der Waals surface area contributed by atoms with Crippen LogP contribution in [-0.2, 0) is 0 Å². The summed E-state index contributed by atoms with van der Waals surface area (Å²) in [4.78, 5) is 18.1. The van der Waals surface area contributed by atoms with Gasteiger partial charge in [0.1, 0.15) is 5.75 Å². The maximum atomic E-state index is 13.0. The molecule has 8 heteroatoms. The molecule has 0 bridgehead atoms. The number of nitrogens with zero attached hydrogens (tertiary/aromatic N) is 3. The number of fused-ring (bicyclic) bond motifs is 1. The summed E-state index contributed by atoms with van der Waals surface area (Å²) in [6.07, 6.45) is 6.01. The van der Waals surface area contributed by atoms with Crippen LogP contribution < -0.4 is 24.3 Å². The van der Waals surface area contributed by atoms with Crippen LogP contribution in [0, 0.1) is 0 Å². The van der Waals surface area contributed by atoms with E-state index < -0.39 is 0 Å². The quantitative estimate of drug-likeness (QED) is 0.255. The first-order chi connectivity index (χ1) is 17.1. The second-order valence-corrected chi connectivity index (χ2v) is 9.12. The minimum absolute atomic E-state index is 0.190. The van der Waals surface area contributed by atoms with E-state index in [1.54, 1.807) is 0 Å².